The first kappa shape index (κ1) is 13.7. The minimum atomic E-state index is -3.04. The number of alkyl halides is 2. The summed E-state index contributed by atoms with van der Waals surface area (Å²) >= 11 is 3.09. The third-order valence-electron chi connectivity index (χ3n) is 1.81. The fraction of sp³-hybridized carbons (Fsp3) is 0.300. The van der Waals surface area contributed by atoms with Crippen LogP contribution in [0.3, 0.4) is 0 Å². The van der Waals surface area contributed by atoms with Gasteiger partial charge in [-0.05, 0) is 28.9 Å². The van der Waals surface area contributed by atoms with Crippen LogP contribution in [0.2, 0.25) is 0 Å². The molecule has 0 saturated carbocycles. The predicted molar refractivity (Wildman–Crippen MR) is 61.1 cm³/mol. The number of esters is 1. The van der Waals surface area contributed by atoms with E-state index in [2.05, 4.69) is 20.7 Å². The van der Waals surface area contributed by atoms with Crippen molar-refractivity contribution in [1.82, 2.24) is 0 Å². The van der Waals surface area contributed by atoms with Gasteiger partial charge in [0.1, 0.15) is 11.3 Å². The Labute approximate surface area is 105 Å². The molecular weight excluding hydrogens is 300 g/mol. The highest BCUT2D eigenvalue weighted by Crippen LogP contribution is 2.30. The lowest BCUT2D eigenvalue weighted by atomic mass is 10.2. The number of halogens is 3. The molecule has 0 radical (unpaired) electrons. The molecule has 17 heavy (non-hydrogen) atoms. The van der Waals surface area contributed by atoms with Crippen LogP contribution in [-0.2, 0) is 4.74 Å². The van der Waals surface area contributed by atoms with Gasteiger partial charge in [0.2, 0.25) is 0 Å². The molecule has 0 aromatic heterocycles. The van der Waals surface area contributed by atoms with E-state index in [1.807, 2.05) is 0 Å². The van der Waals surface area contributed by atoms with Crippen LogP contribution >= 0.6 is 15.9 Å². The van der Waals surface area contributed by atoms with Crippen molar-refractivity contribution >= 4 is 27.6 Å². The molecule has 0 unspecified atom stereocenters. The summed E-state index contributed by atoms with van der Waals surface area (Å²) in [6.07, 6.45) is 0. The molecule has 0 aliphatic carbocycles. The molecule has 94 valence electrons. The van der Waals surface area contributed by atoms with Gasteiger partial charge in [0, 0.05) is 16.2 Å². The van der Waals surface area contributed by atoms with Crippen LogP contribution in [0.1, 0.15) is 17.3 Å². The zero-order valence-electron chi connectivity index (χ0n) is 8.88. The number of anilines is 1. The van der Waals surface area contributed by atoms with Crippen molar-refractivity contribution in [2.45, 2.75) is 13.5 Å². The summed E-state index contributed by atoms with van der Waals surface area (Å²) in [7, 11) is 0. The minimum absolute atomic E-state index is 0.103. The van der Waals surface area contributed by atoms with Gasteiger partial charge in [-0.1, -0.05) is 0 Å². The smallest absolute Gasteiger partial charge is 0.387 e. The molecule has 0 heterocycles. The van der Waals surface area contributed by atoms with Gasteiger partial charge >= 0.3 is 12.6 Å². The van der Waals surface area contributed by atoms with E-state index >= 15 is 0 Å². The average molecular weight is 310 g/mol. The van der Waals surface area contributed by atoms with Crippen LogP contribution < -0.4 is 10.5 Å². The summed E-state index contributed by atoms with van der Waals surface area (Å²) in [6, 6.07) is 2.42. The molecule has 2 N–H and O–H groups in total. The van der Waals surface area contributed by atoms with E-state index in [-0.39, 0.29) is 23.6 Å². The van der Waals surface area contributed by atoms with Gasteiger partial charge < -0.3 is 15.2 Å². The summed E-state index contributed by atoms with van der Waals surface area (Å²) < 4.78 is 33.6. The molecule has 0 spiro atoms. The second kappa shape index (κ2) is 5.81. The van der Waals surface area contributed by atoms with Crippen molar-refractivity contribution < 1.29 is 23.0 Å². The van der Waals surface area contributed by atoms with Crippen molar-refractivity contribution in [1.29, 1.82) is 0 Å². The fourth-order valence-electron chi connectivity index (χ4n) is 1.13. The second-order valence-corrected chi connectivity index (χ2v) is 3.82. The van der Waals surface area contributed by atoms with Crippen LogP contribution in [-0.4, -0.2) is 19.2 Å². The molecule has 1 aromatic carbocycles. The number of nitrogen functional groups attached to an aromatic ring is 1. The lowest BCUT2D eigenvalue weighted by Crippen LogP contribution is -2.11. The zero-order valence-corrected chi connectivity index (χ0v) is 10.5. The van der Waals surface area contributed by atoms with Gasteiger partial charge in [0.15, 0.2) is 0 Å². The largest absolute Gasteiger partial charge is 0.462 e. The highest BCUT2D eigenvalue weighted by Gasteiger charge is 2.18. The molecular formula is C10H10BrF2NO3. The maximum Gasteiger partial charge on any atom is 0.387 e. The molecule has 1 rings (SSSR count). The van der Waals surface area contributed by atoms with Gasteiger partial charge in [-0.2, -0.15) is 8.78 Å². The highest BCUT2D eigenvalue weighted by molar-refractivity contribution is 9.10. The molecule has 0 saturated heterocycles. The Morgan fingerprint density at radius 3 is 2.71 bits per heavy atom. The van der Waals surface area contributed by atoms with E-state index in [0.29, 0.717) is 4.47 Å². The van der Waals surface area contributed by atoms with Crippen LogP contribution in [0, 0.1) is 0 Å². The Morgan fingerprint density at radius 2 is 2.18 bits per heavy atom. The maximum absolute atomic E-state index is 12.2. The van der Waals surface area contributed by atoms with E-state index in [0.717, 1.165) is 6.07 Å². The molecule has 0 amide bonds. The SMILES string of the molecule is CCOC(=O)c1cc(Br)c(N)cc1OC(F)F. The van der Waals surface area contributed by atoms with Gasteiger partial charge in [-0.25, -0.2) is 4.79 Å². The molecule has 0 bridgehead atoms. The third-order valence-corrected chi connectivity index (χ3v) is 2.50. The van der Waals surface area contributed by atoms with Crippen LogP contribution in [0.25, 0.3) is 0 Å². The number of carbonyl (C=O) groups is 1. The fourth-order valence-corrected chi connectivity index (χ4v) is 1.47. The van der Waals surface area contributed by atoms with Gasteiger partial charge in [0.05, 0.1) is 6.61 Å². The molecule has 0 atom stereocenters. The number of ether oxygens (including phenoxy) is 2. The summed E-state index contributed by atoms with van der Waals surface area (Å²) in [5, 5.41) is 0. The predicted octanol–water partition coefficient (Wildman–Crippen LogP) is 2.81. The monoisotopic (exact) mass is 309 g/mol. The summed E-state index contributed by atoms with van der Waals surface area (Å²) in [4.78, 5) is 11.5. The standard InChI is InChI=1S/C10H10BrF2NO3/c1-2-16-9(15)5-3-6(11)7(14)4-8(5)17-10(12)13/h3-4,10H,2,14H2,1H3. The van der Waals surface area contributed by atoms with Crippen molar-refractivity contribution in [2.75, 3.05) is 12.3 Å². The van der Waals surface area contributed by atoms with Crippen molar-refractivity contribution in [3.8, 4) is 5.75 Å². The first-order valence-corrected chi connectivity index (χ1v) is 5.46. The first-order valence-electron chi connectivity index (χ1n) is 4.66. The van der Waals surface area contributed by atoms with Crippen molar-refractivity contribution in [3.63, 3.8) is 0 Å². The summed E-state index contributed by atoms with van der Waals surface area (Å²) in [6.45, 7) is -1.30. The topological polar surface area (TPSA) is 61.5 Å². The van der Waals surface area contributed by atoms with Crippen molar-refractivity contribution in [3.05, 3.63) is 22.2 Å². The molecule has 7 heteroatoms. The van der Waals surface area contributed by atoms with E-state index < -0.39 is 12.6 Å². The van der Waals surface area contributed by atoms with Gasteiger partial charge in [-0.3, -0.25) is 0 Å². The Balaban J connectivity index is 3.15. The first-order chi connectivity index (χ1) is 7.95. The number of rotatable bonds is 4. The Bertz CT molecular complexity index is 426. The number of hydrogen-bond donors (Lipinski definition) is 1. The molecule has 0 fully saturated rings. The molecule has 1 aromatic rings. The Kier molecular flexibility index (Phi) is 4.68. The Hall–Kier alpha value is -1.37. The lowest BCUT2D eigenvalue weighted by molar-refractivity contribution is -0.0504. The van der Waals surface area contributed by atoms with Crippen LogP contribution in [0.4, 0.5) is 14.5 Å². The number of hydrogen-bond acceptors (Lipinski definition) is 4. The maximum atomic E-state index is 12.2. The Morgan fingerprint density at radius 1 is 1.53 bits per heavy atom. The van der Waals surface area contributed by atoms with E-state index in [9.17, 15) is 13.6 Å². The number of carbonyl (C=O) groups excluding carboxylic acids is 1. The van der Waals surface area contributed by atoms with E-state index in [4.69, 9.17) is 10.5 Å². The summed E-state index contributed by atoms with van der Waals surface area (Å²) in [5.74, 6) is -1.05. The highest BCUT2D eigenvalue weighted by atomic mass is 79.9. The number of benzene rings is 1. The molecule has 0 aliphatic rings. The van der Waals surface area contributed by atoms with E-state index in [1.54, 1.807) is 6.92 Å². The molecule has 0 aliphatic heterocycles. The second-order valence-electron chi connectivity index (χ2n) is 2.97. The van der Waals surface area contributed by atoms with Gasteiger partial charge in [0.25, 0.3) is 0 Å². The van der Waals surface area contributed by atoms with Crippen molar-refractivity contribution in [2.24, 2.45) is 0 Å². The average Bonchev–Trinajstić information content (AvgIpc) is 2.22. The van der Waals surface area contributed by atoms with Crippen LogP contribution in [0.15, 0.2) is 16.6 Å². The summed E-state index contributed by atoms with van der Waals surface area (Å²) in [5.41, 5.74) is 5.60. The third kappa shape index (κ3) is 3.55. The quantitative estimate of drug-likeness (QED) is 0.686. The zero-order chi connectivity index (χ0) is 13.0. The minimum Gasteiger partial charge on any atom is -0.462 e. The molecule has 4 nitrogen and oxygen atoms in total. The lowest BCUT2D eigenvalue weighted by Gasteiger charge is -2.11. The normalized spacial score (nSPS) is 10.4. The van der Waals surface area contributed by atoms with E-state index in [1.165, 1.54) is 6.07 Å². The van der Waals surface area contributed by atoms with Gasteiger partial charge in [-0.15, -0.1) is 0 Å². The number of nitrogens with two attached hydrogens (primary N) is 1. The van der Waals surface area contributed by atoms with Crippen LogP contribution in [0.5, 0.6) is 5.75 Å².